The van der Waals surface area contributed by atoms with Gasteiger partial charge in [-0.25, -0.2) is 31.0 Å². The molecule has 0 fully saturated rings. The lowest BCUT2D eigenvalue weighted by atomic mass is 9.98. The van der Waals surface area contributed by atoms with Crippen LogP contribution in [0, 0.1) is 28.7 Å². The summed E-state index contributed by atoms with van der Waals surface area (Å²) < 4.78 is 84.4. The van der Waals surface area contributed by atoms with E-state index in [4.69, 9.17) is 5.41 Å². The first-order chi connectivity index (χ1) is 17.6. The lowest BCUT2D eigenvalue weighted by Gasteiger charge is -2.12. The minimum atomic E-state index is -4.84. The van der Waals surface area contributed by atoms with Crippen molar-refractivity contribution in [1.82, 2.24) is 9.97 Å². The molecule has 0 saturated carbocycles. The zero-order chi connectivity index (χ0) is 26.9. The van der Waals surface area contributed by atoms with Gasteiger partial charge in [0.1, 0.15) is 28.0 Å². The van der Waals surface area contributed by atoms with Crippen LogP contribution in [0.25, 0.3) is 11.0 Å². The molecule has 0 amide bonds. The summed E-state index contributed by atoms with van der Waals surface area (Å²) in [5, 5.41) is 7.76. The number of H-pyrrole nitrogens is 1. The smallest absolute Gasteiger partial charge is 0.265 e. The predicted molar refractivity (Wildman–Crippen MR) is 129 cm³/mol. The average molecular weight is 531 g/mol. The molecule has 0 spiro atoms. The molecule has 1 unspecified atom stereocenters. The van der Waals surface area contributed by atoms with Crippen LogP contribution in [0.2, 0.25) is 0 Å². The third-order valence-corrected chi connectivity index (χ3v) is 6.80. The van der Waals surface area contributed by atoms with Gasteiger partial charge in [0.2, 0.25) is 5.78 Å². The summed E-state index contributed by atoms with van der Waals surface area (Å²) in [4.78, 5) is 22.9. The summed E-state index contributed by atoms with van der Waals surface area (Å²) in [5.41, 5.74) is -1.39. The van der Waals surface area contributed by atoms with Gasteiger partial charge in [0.15, 0.2) is 5.82 Å². The minimum Gasteiger partial charge on any atom is -0.345 e. The highest BCUT2D eigenvalue weighted by Gasteiger charge is 2.28. The van der Waals surface area contributed by atoms with Crippen molar-refractivity contribution < 1.29 is 30.8 Å². The third kappa shape index (κ3) is 4.85. The minimum absolute atomic E-state index is 0.171. The molecule has 0 bridgehead atoms. The molecule has 37 heavy (non-hydrogen) atoms. The number of halogens is 4. The van der Waals surface area contributed by atoms with Gasteiger partial charge in [-0.2, -0.15) is 0 Å². The predicted octanol–water partition coefficient (Wildman–Crippen LogP) is 4.58. The number of hydrogen-bond acceptors (Lipinski definition) is 6. The molecule has 190 valence electrons. The molecule has 3 N–H and O–H groups in total. The second kappa shape index (κ2) is 9.93. The quantitative estimate of drug-likeness (QED) is 0.175. The Kier molecular flexibility index (Phi) is 6.90. The molecule has 13 heteroatoms. The van der Waals surface area contributed by atoms with E-state index in [1.165, 1.54) is 31.7 Å². The molecule has 0 aliphatic heterocycles. The van der Waals surface area contributed by atoms with Crippen LogP contribution in [-0.2, 0) is 10.0 Å². The van der Waals surface area contributed by atoms with Crippen molar-refractivity contribution in [1.29, 1.82) is 5.41 Å². The number of hydrogen-bond donors (Lipinski definition) is 3. The molecule has 4 aromatic rings. The maximum absolute atomic E-state index is 15.3. The number of fused-ring (bicyclic) bond motifs is 1. The number of aliphatic imine (C=N–C) groups is 1. The molecule has 0 aliphatic carbocycles. The van der Waals surface area contributed by atoms with E-state index in [-0.39, 0.29) is 16.6 Å². The zero-order valence-corrected chi connectivity index (χ0v) is 19.7. The Morgan fingerprint density at radius 2 is 1.86 bits per heavy atom. The molecular formula is C24H17F4N5O3S. The Balaban J connectivity index is 1.77. The highest BCUT2D eigenvalue weighted by molar-refractivity contribution is 7.92. The molecule has 4 rings (SSSR count). The van der Waals surface area contributed by atoms with Crippen molar-refractivity contribution >= 4 is 45.0 Å². The Bertz CT molecular complexity index is 1690. The first-order valence-corrected chi connectivity index (χ1v) is 12.0. The van der Waals surface area contributed by atoms with Gasteiger partial charge in [0, 0.05) is 42.8 Å². The van der Waals surface area contributed by atoms with Crippen molar-refractivity contribution in [2.24, 2.45) is 4.99 Å². The van der Waals surface area contributed by atoms with E-state index < -0.39 is 61.1 Å². The molecule has 8 nitrogen and oxygen atoms in total. The first-order valence-electron chi connectivity index (χ1n) is 10.5. The summed E-state index contributed by atoms with van der Waals surface area (Å²) in [7, 11) is -3.33. The van der Waals surface area contributed by atoms with Gasteiger partial charge in [-0.05, 0) is 42.0 Å². The molecular weight excluding hydrogens is 514 g/mol. The van der Waals surface area contributed by atoms with Crippen molar-refractivity contribution in [3.8, 4) is 0 Å². The largest absolute Gasteiger partial charge is 0.345 e. The number of aromatic nitrogens is 2. The van der Waals surface area contributed by atoms with Gasteiger partial charge in [0.25, 0.3) is 10.0 Å². The number of aromatic amines is 1. The van der Waals surface area contributed by atoms with Gasteiger partial charge in [-0.3, -0.25) is 14.5 Å². The second-order valence-electron chi connectivity index (χ2n) is 7.76. The number of pyridine rings is 1. The first kappa shape index (κ1) is 25.7. The molecule has 0 aliphatic rings. The summed E-state index contributed by atoms with van der Waals surface area (Å²) in [6, 6.07) is 4.56. The van der Waals surface area contributed by atoms with Crippen LogP contribution >= 0.6 is 0 Å². The number of ketones is 1. The van der Waals surface area contributed by atoms with Gasteiger partial charge in [0.05, 0.1) is 17.2 Å². The lowest BCUT2D eigenvalue weighted by molar-refractivity contribution is 0.103. The normalized spacial score (nSPS) is 12.7. The summed E-state index contributed by atoms with van der Waals surface area (Å²) in [6.07, 6.45) is 5.21. The molecule has 2 aromatic carbocycles. The highest BCUT2D eigenvalue weighted by Crippen LogP contribution is 2.29. The zero-order valence-electron chi connectivity index (χ0n) is 18.9. The Morgan fingerprint density at radius 1 is 1.14 bits per heavy atom. The van der Waals surface area contributed by atoms with Gasteiger partial charge in [-0.15, -0.1) is 0 Å². The second-order valence-corrected chi connectivity index (χ2v) is 9.41. The molecule has 0 radical (unpaired) electrons. The fraction of sp³-hybridized carbons (Fsp3) is 0.0833. The monoisotopic (exact) mass is 531 g/mol. The maximum atomic E-state index is 15.3. The van der Waals surface area contributed by atoms with Crippen molar-refractivity contribution in [3.05, 3.63) is 88.8 Å². The number of nitrogens with one attached hydrogen (secondary N) is 3. The Morgan fingerprint density at radius 3 is 2.57 bits per heavy atom. The van der Waals surface area contributed by atoms with E-state index in [0.29, 0.717) is 35.9 Å². The standard InChI is InChI=1S/C24H17F4N5O3S/c1-30-9-13(8-29)12-6-15-16(11-32-24(15)31-10-12)23(34)21-18(27)4-5-19(22(21)28)33-37(35,36)20-7-14(25)2-3-17(20)26/h2-11,13,29,33H,1H3,(H,31,32). The average Bonchev–Trinajstić information content (AvgIpc) is 3.29. The van der Waals surface area contributed by atoms with Crippen molar-refractivity contribution in [3.63, 3.8) is 0 Å². The topological polar surface area (TPSA) is 128 Å². The van der Waals surface area contributed by atoms with Crippen LogP contribution in [0.5, 0.6) is 0 Å². The number of anilines is 1. The van der Waals surface area contributed by atoms with E-state index in [9.17, 15) is 26.4 Å². The fourth-order valence-corrected chi connectivity index (χ4v) is 4.78. The molecule has 2 heterocycles. The number of benzene rings is 2. The van der Waals surface area contributed by atoms with Gasteiger partial charge >= 0.3 is 0 Å². The van der Waals surface area contributed by atoms with Crippen LogP contribution in [0.15, 0.2) is 58.7 Å². The third-order valence-electron chi connectivity index (χ3n) is 5.42. The van der Waals surface area contributed by atoms with E-state index in [2.05, 4.69) is 15.0 Å². The SMILES string of the molecule is CN=CC(C=N)c1cnc2[nH]cc(C(=O)c3c(F)ccc(NS(=O)(=O)c4cc(F)ccc4F)c3F)c2c1. The van der Waals surface area contributed by atoms with Crippen LogP contribution in [-0.4, -0.2) is 43.6 Å². The summed E-state index contributed by atoms with van der Waals surface area (Å²) in [5.74, 6) is -6.88. The van der Waals surface area contributed by atoms with E-state index in [0.717, 1.165) is 6.21 Å². The van der Waals surface area contributed by atoms with E-state index >= 15 is 4.39 Å². The van der Waals surface area contributed by atoms with E-state index in [1.807, 2.05) is 0 Å². The summed E-state index contributed by atoms with van der Waals surface area (Å²) >= 11 is 0. The Hall–Kier alpha value is -4.39. The Labute approximate surface area is 207 Å². The van der Waals surface area contributed by atoms with Crippen LogP contribution in [0.4, 0.5) is 23.2 Å². The van der Waals surface area contributed by atoms with Gasteiger partial charge < -0.3 is 10.4 Å². The number of carbonyl (C=O) groups excluding carboxylic acids is 1. The van der Waals surface area contributed by atoms with Gasteiger partial charge in [-0.1, -0.05) is 0 Å². The highest BCUT2D eigenvalue weighted by atomic mass is 32.2. The number of rotatable bonds is 8. The fourth-order valence-electron chi connectivity index (χ4n) is 3.63. The number of carbonyl (C=O) groups is 1. The van der Waals surface area contributed by atoms with Crippen LogP contribution in [0.1, 0.15) is 27.4 Å². The van der Waals surface area contributed by atoms with Crippen molar-refractivity contribution in [2.75, 3.05) is 11.8 Å². The summed E-state index contributed by atoms with van der Waals surface area (Å²) in [6.45, 7) is 0. The molecule has 1 atom stereocenters. The van der Waals surface area contributed by atoms with Crippen LogP contribution in [0.3, 0.4) is 0 Å². The number of sulfonamides is 1. The van der Waals surface area contributed by atoms with E-state index in [1.54, 1.807) is 4.72 Å². The number of nitrogens with zero attached hydrogens (tertiary/aromatic N) is 2. The lowest BCUT2D eigenvalue weighted by Crippen LogP contribution is -2.18. The molecule has 0 saturated heterocycles. The molecule has 2 aromatic heterocycles. The van der Waals surface area contributed by atoms with Crippen molar-refractivity contribution in [2.45, 2.75) is 10.8 Å². The van der Waals surface area contributed by atoms with Crippen LogP contribution < -0.4 is 4.72 Å². The maximum Gasteiger partial charge on any atom is 0.265 e.